The van der Waals surface area contributed by atoms with Crippen molar-refractivity contribution in [1.82, 2.24) is 9.38 Å². The summed E-state index contributed by atoms with van der Waals surface area (Å²) in [5, 5.41) is 10.9. The van der Waals surface area contributed by atoms with Gasteiger partial charge in [-0.2, -0.15) is 5.26 Å². The van der Waals surface area contributed by atoms with Gasteiger partial charge in [-0.05, 0) is 34.7 Å². The van der Waals surface area contributed by atoms with Gasteiger partial charge >= 0.3 is 0 Å². The Kier molecular flexibility index (Phi) is 3.50. The molecule has 0 unspecified atom stereocenters. The van der Waals surface area contributed by atoms with Crippen LogP contribution in [0.3, 0.4) is 0 Å². The van der Waals surface area contributed by atoms with Crippen molar-refractivity contribution in [3.63, 3.8) is 0 Å². The lowest BCUT2D eigenvalue weighted by atomic mass is 10.2. The molecule has 0 saturated heterocycles. The number of hydrogen-bond donors (Lipinski definition) is 1. The highest BCUT2D eigenvalue weighted by Gasteiger charge is 2.10. The first-order chi connectivity index (χ1) is 9.67. The maximum atomic E-state index is 8.88. The van der Waals surface area contributed by atoms with Crippen LogP contribution in [0, 0.1) is 14.9 Å². The first-order valence-corrected chi connectivity index (χ1v) is 7.66. The Labute approximate surface area is 132 Å². The highest BCUT2D eigenvalue weighted by atomic mass is 127. The third kappa shape index (κ3) is 2.44. The Morgan fingerprint density at radius 1 is 1.50 bits per heavy atom. The van der Waals surface area contributed by atoms with Crippen molar-refractivity contribution in [2.24, 2.45) is 0 Å². The SMILES string of the molecule is N#Cc1cc(N)c(OCc2cn3ccsc3n2)c(I)c1. The molecule has 0 bridgehead atoms. The molecule has 0 saturated carbocycles. The van der Waals surface area contributed by atoms with Crippen molar-refractivity contribution in [2.45, 2.75) is 6.61 Å². The molecule has 0 fully saturated rings. The van der Waals surface area contributed by atoms with Gasteiger partial charge in [0.05, 0.1) is 26.6 Å². The molecule has 0 spiro atoms. The van der Waals surface area contributed by atoms with Gasteiger partial charge < -0.3 is 10.5 Å². The van der Waals surface area contributed by atoms with Crippen LogP contribution in [0.15, 0.2) is 29.9 Å². The number of anilines is 1. The molecule has 0 radical (unpaired) electrons. The highest BCUT2D eigenvalue weighted by Crippen LogP contribution is 2.30. The smallest absolute Gasteiger partial charge is 0.193 e. The van der Waals surface area contributed by atoms with E-state index in [1.807, 2.05) is 22.2 Å². The number of nitrogens with zero attached hydrogens (tertiary/aromatic N) is 3. The molecule has 20 heavy (non-hydrogen) atoms. The number of hydrogen-bond acceptors (Lipinski definition) is 5. The Morgan fingerprint density at radius 2 is 2.35 bits per heavy atom. The molecule has 2 N–H and O–H groups in total. The van der Waals surface area contributed by atoms with E-state index in [-0.39, 0.29) is 0 Å². The predicted octanol–water partition coefficient (Wildman–Crippen LogP) is 3.03. The first kappa shape index (κ1) is 13.2. The summed E-state index contributed by atoms with van der Waals surface area (Å²) in [5.74, 6) is 0.598. The van der Waals surface area contributed by atoms with E-state index < -0.39 is 0 Å². The standard InChI is InChI=1S/C13H9IN4OS/c14-10-3-8(5-15)4-11(16)12(10)19-7-9-6-18-1-2-20-13(18)17-9/h1-4,6H,7,16H2. The minimum absolute atomic E-state index is 0.348. The molecule has 1 aromatic carbocycles. The third-order valence-corrected chi connectivity index (χ3v) is 4.28. The van der Waals surface area contributed by atoms with Crippen LogP contribution in [0.25, 0.3) is 4.96 Å². The lowest BCUT2D eigenvalue weighted by Gasteiger charge is -2.10. The number of fused-ring (bicyclic) bond motifs is 1. The van der Waals surface area contributed by atoms with Gasteiger partial charge in [-0.1, -0.05) is 0 Å². The van der Waals surface area contributed by atoms with Crippen molar-refractivity contribution in [3.05, 3.63) is 44.7 Å². The van der Waals surface area contributed by atoms with Crippen LogP contribution in [0.2, 0.25) is 0 Å². The third-order valence-electron chi connectivity index (χ3n) is 2.71. The van der Waals surface area contributed by atoms with Crippen LogP contribution < -0.4 is 10.5 Å². The second-order valence-electron chi connectivity index (χ2n) is 4.10. The number of imidazole rings is 1. The van der Waals surface area contributed by atoms with Crippen molar-refractivity contribution in [3.8, 4) is 11.8 Å². The van der Waals surface area contributed by atoms with E-state index in [2.05, 4.69) is 33.6 Å². The van der Waals surface area contributed by atoms with Gasteiger partial charge in [-0.25, -0.2) is 4.98 Å². The maximum absolute atomic E-state index is 8.88. The van der Waals surface area contributed by atoms with Crippen molar-refractivity contribution < 1.29 is 4.74 Å². The minimum Gasteiger partial charge on any atom is -0.484 e. The summed E-state index contributed by atoms with van der Waals surface area (Å²) >= 11 is 3.69. The molecule has 0 aliphatic rings. The molecule has 5 nitrogen and oxygen atoms in total. The zero-order chi connectivity index (χ0) is 14.1. The lowest BCUT2D eigenvalue weighted by Crippen LogP contribution is -2.01. The molecule has 2 aromatic heterocycles. The number of benzene rings is 1. The van der Waals surface area contributed by atoms with E-state index in [0.29, 0.717) is 23.6 Å². The monoisotopic (exact) mass is 396 g/mol. The van der Waals surface area contributed by atoms with Crippen LogP contribution in [-0.4, -0.2) is 9.38 Å². The predicted molar refractivity (Wildman–Crippen MR) is 85.7 cm³/mol. The summed E-state index contributed by atoms with van der Waals surface area (Å²) < 4.78 is 8.51. The molecule has 3 aromatic rings. The number of ether oxygens (including phenoxy) is 1. The summed E-state index contributed by atoms with van der Waals surface area (Å²) in [6.07, 6.45) is 3.88. The molecular weight excluding hydrogens is 387 g/mol. The molecule has 2 heterocycles. The van der Waals surface area contributed by atoms with Gasteiger partial charge in [-0.3, -0.25) is 4.40 Å². The molecule has 0 atom stereocenters. The second kappa shape index (κ2) is 5.30. The minimum atomic E-state index is 0.348. The zero-order valence-electron chi connectivity index (χ0n) is 10.2. The summed E-state index contributed by atoms with van der Waals surface area (Å²) in [6, 6.07) is 5.43. The van der Waals surface area contributed by atoms with E-state index in [9.17, 15) is 0 Å². The average Bonchev–Trinajstić information content (AvgIpc) is 2.98. The van der Waals surface area contributed by atoms with Gasteiger partial charge in [0.15, 0.2) is 10.7 Å². The molecule has 0 amide bonds. The van der Waals surface area contributed by atoms with E-state index in [1.165, 1.54) is 0 Å². The Hall–Kier alpha value is -1.79. The van der Waals surface area contributed by atoms with Gasteiger partial charge in [-0.15, -0.1) is 11.3 Å². The zero-order valence-corrected chi connectivity index (χ0v) is 13.2. The Morgan fingerprint density at radius 3 is 3.05 bits per heavy atom. The maximum Gasteiger partial charge on any atom is 0.193 e. The van der Waals surface area contributed by atoms with E-state index in [0.717, 1.165) is 14.2 Å². The van der Waals surface area contributed by atoms with Crippen LogP contribution in [0.4, 0.5) is 5.69 Å². The summed E-state index contributed by atoms with van der Waals surface area (Å²) in [5.41, 5.74) is 7.75. The van der Waals surface area contributed by atoms with E-state index in [1.54, 1.807) is 23.5 Å². The fraction of sp³-hybridized carbons (Fsp3) is 0.0769. The van der Waals surface area contributed by atoms with Gasteiger partial charge in [0.2, 0.25) is 0 Å². The molecule has 7 heteroatoms. The quantitative estimate of drug-likeness (QED) is 0.546. The molecular formula is C13H9IN4OS. The van der Waals surface area contributed by atoms with E-state index >= 15 is 0 Å². The van der Waals surface area contributed by atoms with Gasteiger partial charge in [0.25, 0.3) is 0 Å². The number of nitriles is 1. The first-order valence-electron chi connectivity index (χ1n) is 5.70. The van der Waals surface area contributed by atoms with Gasteiger partial charge in [0.1, 0.15) is 6.61 Å². The van der Waals surface area contributed by atoms with E-state index in [4.69, 9.17) is 15.7 Å². The number of nitrogen functional groups attached to an aromatic ring is 1. The lowest BCUT2D eigenvalue weighted by molar-refractivity contribution is 0.301. The number of nitrogens with two attached hydrogens (primary N) is 1. The van der Waals surface area contributed by atoms with Crippen LogP contribution >= 0.6 is 33.9 Å². The van der Waals surface area contributed by atoms with Gasteiger partial charge in [0, 0.05) is 17.8 Å². The Balaban J connectivity index is 1.81. The van der Waals surface area contributed by atoms with Crippen LogP contribution in [0.1, 0.15) is 11.3 Å². The normalized spacial score (nSPS) is 10.6. The van der Waals surface area contributed by atoms with Crippen LogP contribution in [0.5, 0.6) is 5.75 Å². The number of thiazole rings is 1. The summed E-state index contributed by atoms with van der Waals surface area (Å²) in [4.78, 5) is 5.38. The van der Waals surface area contributed by atoms with Crippen molar-refractivity contribution in [1.29, 1.82) is 5.26 Å². The fourth-order valence-electron chi connectivity index (χ4n) is 1.82. The Bertz CT molecular complexity index is 766. The molecule has 100 valence electrons. The topological polar surface area (TPSA) is 76.3 Å². The fourth-order valence-corrected chi connectivity index (χ4v) is 3.34. The largest absolute Gasteiger partial charge is 0.484 e. The van der Waals surface area contributed by atoms with Crippen molar-refractivity contribution in [2.75, 3.05) is 5.73 Å². The molecule has 0 aliphatic carbocycles. The summed E-state index contributed by atoms with van der Waals surface area (Å²) in [6.45, 7) is 0.348. The summed E-state index contributed by atoms with van der Waals surface area (Å²) in [7, 11) is 0. The number of halogens is 1. The molecule has 0 aliphatic heterocycles. The average molecular weight is 396 g/mol. The van der Waals surface area contributed by atoms with Crippen molar-refractivity contribution >= 4 is 44.6 Å². The van der Waals surface area contributed by atoms with Crippen LogP contribution in [-0.2, 0) is 6.61 Å². The second-order valence-corrected chi connectivity index (χ2v) is 6.14. The highest BCUT2D eigenvalue weighted by molar-refractivity contribution is 14.1. The number of rotatable bonds is 3. The molecule has 3 rings (SSSR count). The number of aromatic nitrogens is 2.